The van der Waals surface area contributed by atoms with E-state index in [1.165, 1.54) is 0 Å². The van der Waals surface area contributed by atoms with Gasteiger partial charge >= 0.3 is 0 Å². The van der Waals surface area contributed by atoms with Crippen molar-refractivity contribution in [3.05, 3.63) is 29.1 Å². The van der Waals surface area contributed by atoms with Gasteiger partial charge in [-0.2, -0.15) is 5.10 Å². The number of nitrogens with one attached hydrogen (secondary N) is 1. The highest BCUT2D eigenvalue weighted by atomic mass is 35.5. The molecule has 0 aliphatic carbocycles. The van der Waals surface area contributed by atoms with Crippen LogP contribution in [-0.4, -0.2) is 23.4 Å². The van der Waals surface area contributed by atoms with Crippen LogP contribution in [0.1, 0.15) is 25.2 Å². The van der Waals surface area contributed by atoms with Crippen molar-refractivity contribution in [2.75, 3.05) is 13.6 Å². The molecule has 0 aliphatic rings. The van der Waals surface area contributed by atoms with Crippen LogP contribution in [0.2, 0.25) is 5.02 Å². The predicted octanol–water partition coefficient (Wildman–Crippen LogP) is 2.82. The molecule has 1 heterocycles. The van der Waals surface area contributed by atoms with Gasteiger partial charge in [0.15, 0.2) is 0 Å². The fourth-order valence-corrected chi connectivity index (χ4v) is 2.23. The third kappa shape index (κ3) is 3.11. The highest BCUT2D eigenvalue weighted by Crippen LogP contribution is 2.29. The smallest absolute Gasteiger partial charge is 0.0847 e. The zero-order chi connectivity index (χ0) is 13.1. The van der Waals surface area contributed by atoms with Gasteiger partial charge in [-0.3, -0.25) is 4.68 Å². The summed E-state index contributed by atoms with van der Waals surface area (Å²) in [7, 11) is 1.95. The molecule has 0 spiro atoms. The van der Waals surface area contributed by atoms with Gasteiger partial charge in [0.25, 0.3) is 0 Å². The Morgan fingerprint density at radius 1 is 1.59 bits per heavy atom. The molecule has 1 aromatic rings. The summed E-state index contributed by atoms with van der Waals surface area (Å²) in [5, 5.41) is 8.42. The second kappa shape index (κ2) is 5.69. The molecule has 4 heteroatoms. The Hall–Kier alpha value is -0.800. The number of aromatic nitrogens is 2. The summed E-state index contributed by atoms with van der Waals surface area (Å²) in [6.45, 7) is 11.8. The van der Waals surface area contributed by atoms with E-state index in [9.17, 15) is 0 Å². The fraction of sp³-hybridized carbons (Fsp3) is 0.615. The molecule has 0 fully saturated rings. The Labute approximate surface area is 109 Å². The average molecular weight is 256 g/mol. The first kappa shape index (κ1) is 14.3. The fourth-order valence-electron chi connectivity index (χ4n) is 2.03. The molecule has 3 nitrogen and oxygen atoms in total. The van der Waals surface area contributed by atoms with Crippen LogP contribution in [0, 0.1) is 12.3 Å². The van der Waals surface area contributed by atoms with Gasteiger partial charge in [-0.15, -0.1) is 6.58 Å². The lowest BCUT2D eigenvalue weighted by Gasteiger charge is -2.25. The maximum Gasteiger partial charge on any atom is 0.0847 e. The molecule has 0 saturated heterocycles. The van der Waals surface area contributed by atoms with Crippen LogP contribution in [0.5, 0.6) is 0 Å². The van der Waals surface area contributed by atoms with E-state index in [4.69, 9.17) is 11.6 Å². The zero-order valence-electron chi connectivity index (χ0n) is 11.2. The summed E-state index contributed by atoms with van der Waals surface area (Å²) in [4.78, 5) is 0. The van der Waals surface area contributed by atoms with Gasteiger partial charge in [0.05, 0.1) is 16.4 Å². The Morgan fingerprint density at radius 2 is 2.24 bits per heavy atom. The van der Waals surface area contributed by atoms with Gasteiger partial charge in [-0.25, -0.2) is 0 Å². The molecule has 1 N–H and O–H groups in total. The monoisotopic (exact) mass is 255 g/mol. The maximum atomic E-state index is 6.32. The molecule has 0 bridgehead atoms. The second-order valence-electron chi connectivity index (χ2n) is 4.73. The van der Waals surface area contributed by atoms with Crippen LogP contribution < -0.4 is 5.32 Å². The number of halogens is 1. The van der Waals surface area contributed by atoms with Gasteiger partial charge in [0, 0.05) is 24.9 Å². The molecular formula is C13H22ClN3. The van der Waals surface area contributed by atoms with Crippen LogP contribution in [0.4, 0.5) is 0 Å². The summed E-state index contributed by atoms with van der Waals surface area (Å²) in [6.07, 6.45) is 2.84. The van der Waals surface area contributed by atoms with E-state index in [-0.39, 0.29) is 5.41 Å². The lowest BCUT2D eigenvalue weighted by Crippen LogP contribution is -2.30. The van der Waals surface area contributed by atoms with Crippen molar-refractivity contribution in [3.8, 4) is 0 Å². The standard InChI is InChI=1S/C13H22ClN3/c1-6-13(4,9-15-5)8-11-12(14)10(3)16-17(11)7-2/h6,15H,1,7-9H2,2-5H3. The minimum Gasteiger partial charge on any atom is -0.319 e. The first-order valence-corrected chi connectivity index (χ1v) is 6.35. The molecule has 17 heavy (non-hydrogen) atoms. The Bertz CT molecular complexity index is 398. The van der Waals surface area contributed by atoms with Crippen LogP contribution in [-0.2, 0) is 13.0 Å². The van der Waals surface area contributed by atoms with E-state index in [1.54, 1.807) is 0 Å². The van der Waals surface area contributed by atoms with Gasteiger partial charge < -0.3 is 5.32 Å². The van der Waals surface area contributed by atoms with Crippen molar-refractivity contribution in [1.29, 1.82) is 0 Å². The highest BCUT2D eigenvalue weighted by Gasteiger charge is 2.24. The van der Waals surface area contributed by atoms with E-state index in [0.717, 1.165) is 35.9 Å². The van der Waals surface area contributed by atoms with E-state index in [1.807, 2.05) is 24.7 Å². The van der Waals surface area contributed by atoms with Crippen molar-refractivity contribution in [2.24, 2.45) is 5.41 Å². The molecule has 0 radical (unpaired) electrons. The van der Waals surface area contributed by atoms with Crippen molar-refractivity contribution >= 4 is 11.6 Å². The number of hydrogen-bond donors (Lipinski definition) is 1. The third-order valence-corrected chi connectivity index (χ3v) is 3.59. The van der Waals surface area contributed by atoms with Gasteiger partial charge in [-0.05, 0) is 20.9 Å². The highest BCUT2D eigenvalue weighted by molar-refractivity contribution is 6.31. The van der Waals surface area contributed by atoms with E-state index < -0.39 is 0 Å². The Morgan fingerprint density at radius 3 is 2.71 bits per heavy atom. The molecule has 0 saturated carbocycles. The largest absolute Gasteiger partial charge is 0.319 e. The van der Waals surface area contributed by atoms with Crippen LogP contribution in [0.3, 0.4) is 0 Å². The van der Waals surface area contributed by atoms with Crippen LogP contribution >= 0.6 is 11.6 Å². The SMILES string of the molecule is C=CC(C)(CNC)Cc1c(Cl)c(C)nn1CC. The van der Waals surface area contributed by atoms with E-state index >= 15 is 0 Å². The summed E-state index contributed by atoms with van der Waals surface area (Å²) in [5.74, 6) is 0. The molecule has 1 atom stereocenters. The number of aryl methyl sites for hydroxylation is 2. The zero-order valence-corrected chi connectivity index (χ0v) is 11.9. The summed E-state index contributed by atoms with van der Waals surface area (Å²) in [5.41, 5.74) is 2.00. The molecule has 0 aromatic carbocycles. The van der Waals surface area contributed by atoms with Crippen molar-refractivity contribution < 1.29 is 0 Å². The first-order valence-electron chi connectivity index (χ1n) is 5.97. The number of rotatable bonds is 6. The molecular weight excluding hydrogens is 234 g/mol. The van der Waals surface area contributed by atoms with Crippen LogP contribution in [0.25, 0.3) is 0 Å². The van der Waals surface area contributed by atoms with Crippen molar-refractivity contribution in [3.63, 3.8) is 0 Å². The summed E-state index contributed by atoms with van der Waals surface area (Å²) < 4.78 is 1.98. The minimum absolute atomic E-state index is 0.00220. The summed E-state index contributed by atoms with van der Waals surface area (Å²) in [6, 6.07) is 0. The van der Waals surface area contributed by atoms with Gasteiger partial charge in [0.2, 0.25) is 0 Å². The maximum absolute atomic E-state index is 6.32. The van der Waals surface area contributed by atoms with Gasteiger partial charge in [-0.1, -0.05) is 24.6 Å². The summed E-state index contributed by atoms with van der Waals surface area (Å²) >= 11 is 6.32. The molecule has 96 valence electrons. The second-order valence-corrected chi connectivity index (χ2v) is 5.11. The third-order valence-electron chi connectivity index (χ3n) is 3.10. The number of nitrogens with zero attached hydrogens (tertiary/aromatic N) is 2. The van der Waals surface area contributed by atoms with E-state index in [0.29, 0.717) is 0 Å². The minimum atomic E-state index is -0.00220. The topological polar surface area (TPSA) is 29.9 Å². The first-order chi connectivity index (χ1) is 7.97. The normalized spacial score (nSPS) is 14.6. The average Bonchev–Trinajstić information content (AvgIpc) is 2.57. The molecule has 0 aliphatic heterocycles. The lowest BCUT2D eigenvalue weighted by molar-refractivity contribution is 0.391. The van der Waals surface area contributed by atoms with Crippen molar-refractivity contribution in [2.45, 2.75) is 33.7 Å². The molecule has 1 rings (SSSR count). The van der Waals surface area contributed by atoms with Crippen molar-refractivity contribution in [1.82, 2.24) is 15.1 Å². The molecule has 1 unspecified atom stereocenters. The predicted molar refractivity (Wildman–Crippen MR) is 73.6 cm³/mol. The lowest BCUT2D eigenvalue weighted by atomic mass is 9.85. The number of hydrogen-bond acceptors (Lipinski definition) is 2. The van der Waals surface area contributed by atoms with E-state index in [2.05, 4.69) is 30.8 Å². The Balaban J connectivity index is 3.04. The quantitative estimate of drug-likeness (QED) is 0.793. The van der Waals surface area contributed by atoms with Gasteiger partial charge in [0.1, 0.15) is 0 Å². The molecule has 1 aromatic heterocycles. The molecule has 0 amide bonds. The Kier molecular flexibility index (Phi) is 4.78. The van der Waals surface area contributed by atoms with Crippen LogP contribution in [0.15, 0.2) is 12.7 Å².